The molecule has 0 saturated heterocycles. The van der Waals surface area contributed by atoms with E-state index < -0.39 is 10.0 Å². The number of halogens is 1. The van der Waals surface area contributed by atoms with Crippen molar-refractivity contribution in [2.45, 2.75) is 24.4 Å². The summed E-state index contributed by atoms with van der Waals surface area (Å²) in [4.78, 5) is 12.7. The Morgan fingerprint density at radius 2 is 1.57 bits per heavy atom. The molecule has 0 aromatic heterocycles. The fourth-order valence-corrected chi connectivity index (χ4v) is 4.17. The molecule has 0 aliphatic heterocycles. The summed E-state index contributed by atoms with van der Waals surface area (Å²) in [5.74, 6) is -0.587. The van der Waals surface area contributed by atoms with Gasteiger partial charge in [0.2, 0.25) is 10.0 Å². The lowest BCUT2D eigenvalue weighted by Gasteiger charge is -2.18. The lowest BCUT2D eigenvalue weighted by molar-refractivity contribution is 0.0940. The normalized spacial score (nSPS) is 12.5. The molecule has 3 rings (SSSR count). The molecule has 0 aliphatic carbocycles. The minimum Gasteiger partial charge on any atom is -0.346 e. The van der Waals surface area contributed by atoms with Gasteiger partial charge >= 0.3 is 0 Å². The van der Waals surface area contributed by atoms with Crippen molar-refractivity contribution in [2.24, 2.45) is 0 Å². The number of benzene rings is 3. The minimum atomic E-state index is -3.59. The Labute approximate surface area is 176 Å². The van der Waals surface area contributed by atoms with Gasteiger partial charge in [0.25, 0.3) is 5.91 Å². The van der Waals surface area contributed by atoms with Crippen LogP contribution in [0.2, 0.25) is 0 Å². The Kier molecular flexibility index (Phi) is 6.64. The second kappa shape index (κ2) is 9.19. The molecule has 0 saturated carbocycles. The highest BCUT2D eigenvalue weighted by molar-refractivity contribution is 7.89. The molecule has 156 valence electrons. The Bertz CT molecular complexity index is 1100. The summed E-state index contributed by atoms with van der Waals surface area (Å²) >= 11 is 0. The Hall–Kier alpha value is -3.03. The summed E-state index contributed by atoms with van der Waals surface area (Å²) in [6, 6.07) is 20.7. The third kappa shape index (κ3) is 5.11. The van der Waals surface area contributed by atoms with Crippen LogP contribution in [0.1, 0.15) is 34.5 Å². The van der Waals surface area contributed by atoms with E-state index in [1.54, 1.807) is 66.7 Å². The average molecular weight is 427 g/mol. The van der Waals surface area contributed by atoms with Gasteiger partial charge in [-0.05, 0) is 54.4 Å². The van der Waals surface area contributed by atoms with E-state index in [2.05, 4.69) is 5.32 Å². The molecule has 0 bridgehead atoms. The Morgan fingerprint density at radius 3 is 2.17 bits per heavy atom. The number of hydrogen-bond acceptors (Lipinski definition) is 3. The predicted molar refractivity (Wildman–Crippen MR) is 114 cm³/mol. The quantitative estimate of drug-likeness (QED) is 0.618. The first kappa shape index (κ1) is 21.7. The number of carbonyl (C=O) groups excluding carboxylic acids is 1. The van der Waals surface area contributed by atoms with E-state index in [1.165, 1.54) is 23.5 Å². The van der Waals surface area contributed by atoms with Gasteiger partial charge in [0.05, 0.1) is 10.9 Å². The second-order valence-electron chi connectivity index (χ2n) is 7.02. The molecule has 3 aromatic carbocycles. The van der Waals surface area contributed by atoms with Crippen LogP contribution >= 0.6 is 0 Å². The molecule has 30 heavy (non-hydrogen) atoms. The first-order valence-electron chi connectivity index (χ1n) is 9.44. The van der Waals surface area contributed by atoms with Crippen LogP contribution < -0.4 is 5.32 Å². The maximum atomic E-state index is 13.0. The van der Waals surface area contributed by atoms with E-state index in [4.69, 9.17) is 0 Å². The average Bonchev–Trinajstić information content (AvgIpc) is 2.75. The van der Waals surface area contributed by atoms with Gasteiger partial charge in [-0.3, -0.25) is 4.79 Å². The first-order valence-corrected chi connectivity index (χ1v) is 10.9. The molecule has 0 aliphatic rings. The molecule has 1 atom stereocenters. The number of amides is 1. The van der Waals surface area contributed by atoms with Crippen molar-refractivity contribution < 1.29 is 17.6 Å². The van der Waals surface area contributed by atoms with Crippen LogP contribution in [0.3, 0.4) is 0 Å². The molecule has 0 fully saturated rings. The first-order chi connectivity index (χ1) is 14.3. The molecule has 1 amide bonds. The van der Waals surface area contributed by atoms with E-state index >= 15 is 0 Å². The van der Waals surface area contributed by atoms with Gasteiger partial charge in [0.15, 0.2) is 0 Å². The SMILES string of the molecule is C[C@@H](NC(=O)c1ccc(CN(C)S(=O)(=O)c2ccccc2)cc1)c1ccc(F)cc1. The fourth-order valence-electron chi connectivity index (χ4n) is 2.99. The summed E-state index contributed by atoms with van der Waals surface area (Å²) in [6.07, 6.45) is 0. The zero-order valence-electron chi connectivity index (χ0n) is 16.7. The number of hydrogen-bond donors (Lipinski definition) is 1. The smallest absolute Gasteiger partial charge is 0.251 e. The monoisotopic (exact) mass is 426 g/mol. The lowest BCUT2D eigenvalue weighted by Crippen LogP contribution is -2.27. The van der Waals surface area contributed by atoms with E-state index in [-0.39, 0.29) is 29.2 Å². The molecule has 7 heteroatoms. The number of nitrogens with zero attached hydrogens (tertiary/aromatic N) is 1. The van der Waals surface area contributed by atoms with Gasteiger partial charge in [-0.15, -0.1) is 0 Å². The van der Waals surface area contributed by atoms with Gasteiger partial charge in [0, 0.05) is 19.2 Å². The van der Waals surface area contributed by atoms with Crippen molar-refractivity contribution >= 4 is 15.9 Å². The van der Waals surface area contributed by atoms with Crippen LogP contribution in [0.4, 0.5) is 4.39 Å². The Morgan fingerprint density at radius 1 is 0.967 bits per heavy atom. The molecule has 0 spiro atoms. The largest absolute Gasteiger partial charge is 0.346 e. The molecular formula is C23H23FN2O3S. The van der Waals surface area contributed by atoms with Crippen molar-refractivity contribution in [1.29, 1.82) is 0 Å². The molecule has 0 radical (unpaired) electrons. The van der Waals surface area contributed by atoms with Crippen molar-refractivity contribution in [3.63, 3.8) is 0 Å². The van der Waals surface area contributed by atoms with E-state index in [0.717, 1.165) is 11.1 Å². The van der Waals surface area contributed by atoms with Gasteiger partial charge in [-0.25, -0.2) is 12.8 Å². The summed E-state index contributed by atoms with van der Waals surface area (Å²) < 4.78 is 39.6. The van der Waals surface area contributed by atoms with Gasteiger partial charge in [-0.2, -0.15) is 4.31 Å². The van der Waals surface area contributed by atoms with Crippen molar-refractivity contribution in [3.05, 3.63) is 101 Å². The molecule has 0 unspecified atom stereocenters. The molecule has 5 nitrogen and oxygen atoms in total. The van der Waals surface area contributed by atoms with Gasteiger partial charge < -0.3 is 5.32 Å². The number of carbonyl (C=O) groups is 1. The van der Waals surface area contributed by atoms with Crippen LogP contribution in [0.5, 0.6) is 0 Å². The zero-order chi connectivity index (χ0) is 21.7. The Balaban J connectivity index is 1.64. The number of nitrogens with one attached hydrogen (secondary N) is 1. The van der Waals surface area contributed by atoms with Crippen molar-refractivity contribution in [2.75, 3.05) is 7.05 Å². The van der Waals surface area contributed by atoms with E-state index in [9.17, 15) is 17.6 Å². The van der Waals surface area contributed by atoms with Gasteiger partial charge in [-0.1, -0.05) is 42.5 Å². The third-order valence-corrected chi connectivity index (χ3v) is 6.61. The molecular weight excluding hydrogens is 403 g/mol. The highest BCUT2D eigenvalue weighted by Crippen LogP contribution is 2.17. The van der Waals surface area contributed by atoms with Crippen LogP contribution in [0.15, 0.2) is 83.8 Å². The second-order valence-corrected chi connectivity index (χ2v) is 9.06. The molecule has 3 aromatic rings. The lowest BCUT2D eigenvalue weighted by atomic mass is 10.1. The van der Waals surface area contributed by atoms with E-state index in [1.807, 2.05) is 6.92 Å². The van der Waals surface area contributed by atoms with E-state index in [0.29, 0.717) is 5.56 Å². The van der Waals surface area contributed by atoms with Crippen molar-refractivity contribution in [1.82, 2.24) is 9.62 Å². The highest BCUT2D eigenvalue weighted by atomic mass is 32.2. The van der Waals surface area contributed by atoms with Crippen LogP contribution in [-0.4, -0.2) is 25.7 Å². The van der Waals surface area contributed by atoms with Crippen molar-refractivity contribution in [3.8, 4) is 0 Å². The fraction of sp³-hybridized carbons (Fsp3) is 0.174. The van der Waals surface area contributed by atoms with Crippen LogP contribution in [-0.2, 0) is 16.6 Å². The van der Waals surface area contributed by atoms with Crippen LogP contribution in [0.25, 0.3) is 0 Å². The molecule has 1 N–H and O–H groups in total. The number of rotatable bonds is 7. The number of sulfonamides is 1. The van der Waals surface area contributed by atoms with Crippen LogP contribution in [0, 0.1) is 5.82 Å². The highest BCUT2D eigenvalue weighted by Gasteiger charge is 2.20. The molecule has 0 heterocycles. The predicted octanol–water partition coefficient (Wildman–Crippen LogP) is 4.14. The standard InChI is InChI=1S/C23H23FN2O3S/c1-17(19-12-14-21(24)15-13-19)25-23(27)20-10-8-18(9-11-20)16-26(2)30(28,29)22-6-4-3-5-7-22/h3-15,17H,16H2,1-2H3,(H,25,27)/t17-/m1/s1. The van der Waals surface area contributed by atoms with Gasteiger partial charge in [0.1, 0.15) is 5.82 Å². The summed E-state index contributed by atoms with van der Waals surface area (Å²) in [7, 11) is -2.06. The topological polar surface area (TPSA) is 66.5 Å². The summed E-state index contributed by atoms with van der Waals surface area (Å²) in [6.45, 7) is 2.01. The summed E-state index contributed by atoms with van der Waals surface area (Å²) in [5, 5.41) is 2.87. The minimum absolute atomic E-state index is 0.186. The maximum Gasteiger partial charge on any atom is 0.251 e. The summed E-state index contributed by atoms with van der Waals surface area (Å²) in [5.41, 5.74) is 2.02. The maximum absolute atomic E-state index is 13.0. The zero-order valence-corrected chi connectivity index (χ0v) is 17.6. The third-order valence-electron chi connectivity index (χ3n) is 4.79.